The summed E-state index contributed by atoms with van der Waals surface area (Å²) in [6.07, 6.45) is 2.52. The molecule has 0 atom stereocenters. The molecule has 2 aromatic carbocycles. The Morgan fingerprint density at radius 1 is 1.08 bits per heavy atom. The number of aromatic amines is 1. The van der Waals surface area contributed by atoms with Gasteiger partial charge in [-0.25, -0.2) is 4.98 Å². The highest BCUT2D eigenvalue weighted by Crippen LogP contribution is 2.23. The zero-order valence-electron chi connectivity index (χ0n) is 13.4. The third-order valence-corrected chi connectivity index (χ3v) is 5.24. The lowest BCUT2D eigenvalue weighted by Crippen LogP contribution is -2.17. The fourth-order valence-electron chi connectivity index (χ4n) is 3.05. The number of benzene rings is 2. The minimum atomic E-state index is 0.133. The lowest BCUT2D eigenvalue weighted by atomic mass is 10.1. The number of ketones is 1. The van der Waals surface area contributed by atoms with Crippen LogP contribution in [-0.2, 0) is 0 Å². The Hall–Kier alpha value is -2.27. The summed E-state index contributed by atoms with van der Waals surface area (Å²) in [5, 5.41) is 0.790. The first-order valence-electron chi connectivity index (χ1n) is 8.25. The van der Waals surface area contributed by atoms with Crippen molar-refractivity contribution in [2.75, 3.05) is 23.7 Å². The minimum Gasteiger partial charge on any atom is -0.372 e. The standard InChI is InChI=1S/C19H19N3OS/c23-18(13-24-19-20-16-5-1-2-6-17(16)21-19)14-7-9-15(10-8-14)22-11-3-4-12-22/h1-2,5-10H,3-4,11-13H2,(H,20,21). The van der Waals surface area contributed by atoms with Crippen molar-refractivity contribution in [1.29, 1.82) is 0 Å². The van der Waals surface area contributed by atoms with Crippen LogP contribution in [0.1, 0.15) is 23.2 Å². The number of carbonyl (C=O) groups is 1. The summed E-state index contributed by atoms with van der Waals surface area (Å²) >= 11 is 1.45. The Balaban J connectivity index is 1.40. The van der Waals surface area contributed by atoms with Crippen LogP contribution in [-0.4, -0.2) is 34.6 Å². The predicted octanol–water partition coefficient (Wildman–Crippen LogP) is 4.14. The van der Waals surface area contributed by atoms with Gasteiger partial charge in [0.1, 0.15) is 0 Å². The van der Waals surface area contributed by atoms with E-state index in [0.717, 1.165) is 34.8 Å². The number of nitrogens with zero attached hydrogens (tertiary/aromatic N) is 2. The van der Waals surface area contributed by atoms with E-state index in [1.165, 1.54) is 30.3 Å². The van der Waals surface area contributed by atoms with E-state index in [0.29, 0.717) is 5.75 Å². The maximum absolute atomic E-state index is 12.4. The van der Waals surface area contributed by atoms with Crippen LogP contribution in [0, 0.1) is 0 Å². The van der Waals surface area contributed by atoms with E-state index < -0.39 is 0 Å². The van der Waals surface area contributed by atoms with Gasteiger partial charge in [0.05, 0.1) is 16.8 Å². The number of nitrogens with one attached hydrogen (secondary N) is 1. The molecule has 4 rings (SSSR count). The van der Waals surface area contributed by atoms with E-state index in [2.05, 4.69) is 27.0 Å². The van der Waals surface area contributed by atoms with Crippen molar-refractivity contribution in [2.24, 2.45) is 0 Å². The van der Waals surface area contributed by atoms with Crippen molar-refractivity contribution in [3.8, 4) is 0 Å². The summed E-state index contributed by atoms with van der Waals surface area (Å²) in [4.78, 5) is 22.5. The summed E-state index contributed by atoms with van der Waals surface area (Å²) in [7, 11) is 0. The number of anilines is 1. The predicted molar refractivity (Wildman–Crippen MR) is 99.0 cm³/mol. The van der Waals surface area contributed by atoms with Crippen LogP contribution >= 0.6 is 11.8 Å². The molecule has 0 spiro atoms. The zero-order chi connectivity index (χ0) is 16.4. The van der Waals surface area contributed by atoms with Crippen molar-refractivity contribution >= 4 is 34.3 Å². The first kappa shape index (κ1) is 15.3. The molecule has 24 heavy (non-hydrogen) atoms. The van der Waals surface area contributed by atoms with Gasteiger partial charge in [0.15, 0.2) is 10.9 Å². The molecule has 0 unspecified atom stereocenters. The number of para-hydroxylation sites is 2. The van der Waals surface area contributed by atoms with Gasteiger partial charge >= 0.3 is 0 Å². The Labute approximate surface area is 145 Å². The van der Waals surface area contributed by atoms with Crippen molar-refractivity contribution in [1.82, 2.24) is 9.97 Å². The van der Waals surface area contributed by atoms with Crippen LogP contribution in [0.5, 0.6) is 0 Å². The van der Waals surface area contributed by atoms with Crippen molar-refractivity contribution in [3.05, 3.63) is 54.1 Å². The SMILES string of the molecule is O=C(CSc1nc2ccccc2[nH]1)c1ccc(N2CCCC2)cc1. The van der Waals surface area contributed by atoms with Crippen molar-refractivity contribution < 1.29 is 4.79 Å². The molecule has 0 amide bonds. The molecule has 2 heterocycles. The molecule has 0 aliphatic carbocycles. The van der Waals surface area contributed by atoms with Gasteiger partial charge in [0, 0.05) is 24.3 Å². The second-order valence-corrected chi connectivity index (χ2v) is 6.98. The molecule has 1 N–H and O–H groups in total. The van der Waals surface area contributed by atoms with Gasteiger partial charge < -0.3 is 9.88 Å². The third kappa shape index (κ3) is 3.17. The highest BCUT2D eigenvalue weighted by Gasteiger charge is 2.13. The number of fused-ring (bicyclic) bond motifs is 1. The first-order valence-corrected chi connectivity index (χ1v) is 9.24. The average Bonchev–Trinajstić information content (AvgIpc) is 3.29. The van der Waals surface area contributed by atoms with E-state index >= 15 is 0 Å². The Morgan fingerprint density at radius 3 is 2.58 bits per heavy atom. The fraction of sp³-hybridized carbons (Fsp3) is 0.263. The zero-order valence-corrected chi connectivity index (χ0v) is 14.2. The van der Waals surface area contributed by atoms with Crippen molar-refractivity contribution in [2.45, 2.75) is 18.0 Å². The molecule has 1 aliphatic rings. The third-order valence-electron chi connectivity index (χ3n) is 4.37. The number of aromatic nitrogens is 2. The Kier molecular flexibility index (Phi) is 4.26. The lowest BCUT2D eigenvalue weighted by Gasteiger charge is -2.17. The van der Waals surface area contributed by atoms with Gasteiger partial charge in [-0.15, -0.1) is 0 Å². The van der Waals surface area contributed by atoms with Crippen LogP contribution in [0.3, 0.4) is 0 Å². The van der Waals surface area contributed by atoms with Crippen LogP contribution < -0.4 is 4.90 Å². The molecule has 4 nitrogen and oxygen atoms in total. The molecule has 1 fully saturated rings. The number of thioether (sulfide) groups is 1. The minimum absolute atomic E-state index is 0.133. The van der Waals surface area contributed by atoms with Gasteiger partial charge in [0.25, 0.3) is 0 Å². The summed E-state index contributed by atoms with van der Waals surface area (Å²) in [6, 6.07) is 15.9. The maximum atomic E-state index is 12.4. The Bertz CT molecular complexity index is 817. The molecule has 1 aromatic heterocycles. The van der Waals surface area contributed by atoms with Gasteiger partial charge in [-0.3, -0.25) is 4.79 Å². The number of H-pyrrole nitrogens is 1. The topological polar surface area (TPSA) is 49.0 Å². The molecule has 0 bridgehead atoms. The number of hydrogen-bond donors (Lipinski definition) is 1. The largest absolute Gasteiger partial charge is 0.372 e. The molecule has 1 saturated heterocycles. The second kappa shape index (κ2) is 6.69. The van der Waals surface area contributed by atoms with E-state index in [-0.39, 0.29) is 5.78 Å². The number of hydrogen-bond acceptors (Lipinski definition) is 4. The summed E-state index contributed by atoms with van der Waals surface area (Å²) in [6.45, 7) is 2.24. The van der Waals surface area contributed by atoms with E-state index in [4.69, 9.17) is 0 Å². The molecular formula is C19H19N3OS. The smallest absolute Gasteiger partial charge is 0.173 e. The summed E-state index contributed by atoms with van der Waals surface area (Å²) < 4.78 is 0. The number of imidazole rings is 1. The summed E-state index contributed by atoms with van der Waals surface area (Å²) in [5.74, 6) is 0.525. The first-order chi connectivity index (χ1) is 11.8. The number of Topliss-reactive ketones (excluding diaryl/α,β-unsaturated/α-hetero) is 1. The van der Waals surface area contributed by atoms with Crippen molar-refractivity contribution in [3.63, 3.8) is 0 Å². The number of carbonyl (C=O) groups excluding carboxylic acids is 1. The monoisotopic (exact) mass is 337 g/mol. The molecule has 0 radical (unpaired) electrons. The van der Waals surface area contributed by atoms with Gasteiger partial charge in [0.2, 0.25) is 0 Å². The average molecular weight is 337 g/mol. The quantitative estimate of drug-likeness (QED) is 0.561. The van der Waals surface area contributed by atoms with Crippen LogP contribution in [0.4, 0.5) is 5.69 Å². The fourth-order valence-corrected chi connectivity index (χ4v) is 3.83. The highest BCUT2D eigenvalue weighted by molar-refractivity contribution is 7.99. The molecular weight excluding hydrogens is 318 g/mol. The second-order valence-electron chi connectivity index (χ2n) is 6.01. The van der Waals surface area contributed by atoms with Crippen LogP contribution in [0.2, 0.25) is 0 Å². The van der Waals surface area contributed by atoms with Crippen LogP contribution in [0.25, 0.3) is 11.0 Å². The molecule has 0 saturated carbocycles. The van der Waals surface area contributed by atoms with Gasteiger partial charge in [-0.2, -0.15) is 0 Å². The highest BCUT2D eigenvalue weighted by atomic mass is 32.2. The molecule has 122 valence electrons. The maximum Gasteiger partial charge on any atom is 0.173 e. The van der Waals surface area contributed by atoms with E-state index in [1.807, 2.05) is 36.4 Å². The summed E-state index contributed by atoms with van der Waals surface area (Å²) in [5.41, 5.74) is 3.92. The lowest BCUT2D eigenvalue weighted by molar-refractivity contribution is 0.102. The van der Waals surface area contributed by atoms with Gasteiger partial charge in [-0.1, -0.05) is 23.9 Å². The molecule has 5 heteroatoms. The number of rotatable bonds is 5. The molecule has 1 aliphatic heterocycles. The van der Waals surface area contributed by atoms with Crippen LogP contribution in [0.15, 0.2) is 53.7 Å². The van der Waals surface area contributed by atoms with Gasteiger partial charge in [-0.05, 0) is 49.2 Å². The van der Waals surface area contributed by atoms with E-state index in [1.54, 1.807) is 0 Å². The van der Waals surface area contributed by atoms with E-state index in [9.17, 15) is 4.79 Å². The normalized spacial score (nSPS) is 14.4. The molecule has 3 aromatic rings. The Morgan fingerprint density at radius 2 is 1.83 bits per heavy atom.